The van der Waals surface area contributed by atoms with Crippen molar-refractivity contribution < 1.29 is 0 Å². The van der Waals surface area contributed by atoms with E-state index >= 15 is 0 Å². The van der Waals surface area contributed by atoms with Gasteiger partial charge in [0.15, 0.2) is 0 Å². The average molecular weight is 300 g/mol. The Labute approximate surface area is 132 Å². The van der Waals surface area contributed by atoms with Gasteiger partial charge in [-0.2, -0.15) is 0 Å². The van der Waals surface area contributed by atoms with Gasteiger partial charge in [-0.1, -0.05) is 74.1 Å². The van der Waals surface area contributed by atoms with E-state index < -0.39 is 7.53 Å². The lowest BCUT2D eigenvalue weighted by molar-refractivity contribution is 0.911. The van der Waals surface area contributed by atoms with E-state index in [1.165, 1.54) is 45.4 Å². The number of fused-ring (bicyclic) bond motifs is 1. The standard InChI is InChI=1S/C21H17P/c1-2-20-18-14-9-15-19(18)21(16-10-5-3-6-11-16)22(20)17-12-7-4-8-13-17/h1,3-8,10-13H,9,14-15H2. The van der Waals surface area contributed by atoms with E-state index in [4.69, 9.17) is 6.42 Å². The van der Waals surface area contributed by atoms with Crippen LogP contribution in [-0.4, -0.2) is 0 Å². The van der Waals surface area contributed by atoms with Gasteiger partial charge in [0.1, 0.15) is 0 Å². The molecule has 22 heavy (non-hydrogen) atoms. The van der Waals surface area contributed by atoms with Gasteiger partial charge in [-0.25, -0.2) is 0 Å². The highest BCUT2D eigenvalue weighted by Crippen LogP contribution is 2.58. The van der Waals surface area contributed by atoms with Crippen LogP contribution in [0.25, 0.3) is 16.2 Å². The number of rotatable bonds is 2. The fourth-order valence-corrected chi connectivity index (χ4v) is 6.31. The molecule has 0 fully saturated rings. The summed E-state index contributed by atoms with van der Waals surface area (Å²) in [5, 5.41) is 4.13. The van der Waals surface area contributed by atoms with Crippen LogP contribution >= 0.6 is 7.53 Å². The molecule has 0 saturated heterocycles. The Bertz CT molecular complexity index is 848. The smallest absolute Gasteiger partial charge is 0.0520 e. The average Bonchev–Trinajstić information content (AvgIpc) is 3.16. The van der Waals surface area contributed by atoms with E-state index in [9.17, 15) is 0 Å². The molecule has 0 spiro atoms. The summed E-state index contributed by atoms with van der Waals surface area (Å²) in [7, 11) is -0.554. The number of benzene rings is 2. The van der Waals surface area contributed by atoms with Crippen molar-refractivity contribution in [3.05, 3.63) is 77.1 Å². The van der Waals surface area contributed by atoms with Gasteiger partial charge in [-0.3, -0.25) is 0 Å². The molecule has 1 atom stereocenters. The molecule has 0 bridgehead atoms. The predicted molar refractivity (Wildman–Crippen MR) is 95.9 cm³/mol. The molecule has 0 aliphatic heterocycles. The minimum Gasteiger partial charge on any atom is -0.114 e. The summed E-state index contributed by atoms with van der Waals surface area (Å²) in [6, 6.07) is 21.6. The zero-order valence-corrected chi connectivity index (χ0v) is 13.3. The number of hydrogen-bond acceptors (Lipinski definition) is 0. The molecule has 1 aromatic heterocycles. The van der Waals surface area contributed by atoms with Gasteiger partial charge in [0.05, 0.1) is 5.30 Å². The van der Waals surface area contributed by atoms with Crippen molar-refractivity contribution in [3.8, 4) is 28.5 Å². The quantitative estimate of drug-likeness (QED) is 0.525. The van der Waals surface area contributed by atoms with Crippen LogP contribution in [0.5, 0.6) is 0 Å². The van der Waals surface area contributed by atoms with E-state index in [1.54, 1.807) is 0 Å². The van der Waals surface area contributed by atoms with Gasteiger partial charge in [0.2, 0.25) is 0 Å². The summed E-state index contributed by atoms with van der Waals surface area (Å²) in [5.74, 6) is 3.05. The second-order valence-corrected chi connectivity index (χ2v) is 7.77. The SMILES string of the molecule is C#Cc1c2c(c(-c3ccccc3)p1-c1ccccc1)CCC2. The monoisotopic (exact) mass is 300 g/mol. The normalized spacial score (nSPS) is 13.7. The second kappa shape index (κ2) is 5.53. The fourth-order valence-electron chi connectivity index (χ4n) is 3.53. The van der Waals surface area contributed by atoms with Gasteiger partial charge in [0.25, 0.3) is 0 Å². The minimum absolute atomic E-state index is 0.554. The first-order valence-electron chi connectivity index (χ1n) is 7.74. The Hall–Kier alpha value is -2.22. The van der Waals surface area contributed by atoms with E-state index in [2.05, 4.69) is 66.6 Å². The van der Waals surface area contributed by atoms with Gasteiger partial charge in [-0.15, -0.1) is 6.42 Å². The number of terminal acetylenes is 1. The molecule has 1 heteroatoms. The highest BCUT2D eigenvalue weighted by atomic mass is 31.1. The van der Waals surface area contributed by atoms with Gasteiger partial charge >= 0.3 is 0 Å². The molecule has 1 aliphatic carbocycles. The van der Waals surface area contributed by atoms with Gasteiger partial charge in [-0.05, 0) is 41.3 Å². The molecule has 1 unspecified atom stereocenters. The van der Waals surface area contributed by atoms with E-state index in [1.807, 2.05) is 0 Å². The lowest BCUT2D eigenvalue weighted by Gasteiger charge is -2.10. The maximum atomic E-state index is 5.94. The highest BCUT2D eigenvalue weighted by molar-refractivity contribution is 7.61. The van der Waals surface area contributed by atoms with Crippen LogP contribution in [0.4, 0.5) is 0 Å². The first-order valence-corrected chi connectivity index (χ1v) is 9.08. The van der Waals surface area contributed by atoms with E-state index in [-0.39, 0.29) is 0 Å². The third kappa shape index (κ3) is 2.02. The number of hydrogen-bond donors (Lipinski definition) is 0. The summed E-state index contributed by atoms with van der Waals surface area (Å²) >= 11 is 0. The Morgan fingerprint density at radius 1 is 0.818 bits per heavy atom. The van der Waals surface area contributed by atoms with Crippen LogP contribution in [0.15, 0.2) is 60.7 Å². The third-order valence-electron chi connectivity index (χ3n) is 4.44. The van der Waals surface area contributed by atoms with Gasteiger partial charge in [0, 0.05) is 5.30 Å². The maximum absolute atomic E-state index is 5.94. The molecule has 0 saturated carbocycles. The van der Waals surface area contributed by atoms with Crippen LogP contribution in [-0.2, 0) is 12.8 Å². The zero-order chi connectivity index (χ0) is 14.9. The Balaban J connectivity index is 2.07. The summed E-state index contributed by atoms with van der Waals surface area (Å²) in [6.07, 6.45) is 9.51. The van der Waals surface area contributed by atoms with E-state index in [0.717, 1.165) is 6.42 Å². The molecule has 1 aliphatic rings. The molecule has 106 valence electrons. The topological polar surface area (TPSA) is 0 Å². The van der Waals surface area contributed by atoms with Crippen molar-refractivity contribution in [2.75, 3.05) is 0 Å². The van der Waals surface area contributed by atoms with Crippen molar-refractivity contribution in [1.82, 2.24) is 0 Å². The Morgan fingerprint density at radius 3 is 2.14 bits per heavy atom. The second-order valence-electron chi connectivity index (χ2n) is 5.69. The predicted octanol–water partition coefficient (Wildman–Crippen LogP) is 5.80. The first-order chi connectivity index (χ1) is 10.9. The largest absolute Gasteiger partial charge is 0.114 e. The van der Waals surface area contributed by atoms with Crippen molar-refractivity contribution in [2.24, 2.45) is 0 Å². The van der Waals surface area contributed by atoms with Crippen LogP contribution < -0.4 is 0 Å². The minimum atomic E-state index is -0.554. The highest BCUT2D eigenvalue weighted by Gasteiger charge is 2.27. The van der Waals surface area contributed by atoms with Crippen LogP contribution in [0, 0.1) is 12.3 Å². The third-order valence-corrected chi connectivity index (χ3v) is 7.07. The molecular formula is C21H17P. The molecule has 3 aromatic rings. The Morgan fingerprint density at radius 2 is 1.45 bits per heavy atom. The Kier molecular flexibility index (Phi) is 3.38. The molecular weight excluding hydrogens is 283 g/mol. The van der Waals surface area contributed by atoms with Crippen LogP contribution in [0.1, 0.15) is 22.8 Å². The molecule has 4 rings (SSSR count). The molecule has 0 nitrogen and oxygen atoms in total. The van der Waals surface area contributed by atoms with Crippen LogP contribution in [0.2, 0.25) is 0 Å². The summed E-state index contributed by atoms with van der Waals surface area (Å²) in [6.45, 7) is 0. The van der Waals surface area contributed by atoms with Crippen molar-refractivity contribution in [3.63, 3.8) is 0 Å². The maximum Gasteiger partial charge on any atom is 0.0520 e. The van der Waals surface area contributed by atoms with Crippen molar-refractivity contribution >= 4 is 7.53 Å². The fraction of sp³-hybridized carbons (Fsp3) is 0.143. The lowest BCUT2D eigenvalue weighted by Crippen LogP contribution is -1.80. The zero-order valence-electron chi connectivity index (χ0n) is 12.4. The molecule has 0 radical (unpaired) electrons. The van der Waals surface area contributed by atoms with Crippen molar-refractivity contribution in [2.45, 2.75) is 19.3 Å². The van der Waals surface area contributed by atoms with E-state index in [0.29, 0.717) is 0 Å². The molecule has 0 N–H and O–H groups in total. The summed E-state index contributed by atoms with van der Waals surface area (Å²) in [5.41, 5.74) is 4.35. The van der Waals surface area contributed by atoms with Gasteiger partial charge < -0.3 is 0 Å². The summed E-state index contributed by atoms with van der Waals surface area (Å²) < 4.78 is 0. The summed E-state index contributed by atoms with van der Waals surface area (Å²) in [4.78, 5) is 0. The molecule has 0 amide bonds. The first kappa shape index (κ1) is 13.4. The van der Waals surface area contributed by atoms with Crippen LogP contribution in [0.3, 0.4) is 0 Å². The molecule has 2 aromatic carbocycles. The van der Waals surface area contributed by atoms with Crippen molar-refractivity contribution in [1.29, 1.82) is 0 Å². The lowest BCUT2D eigenvalue weighted by atomic mass is 10.1. The molecule has 1 heterocycles.